The molecule has 1 aromatic heterocycles. The zero-order valence-corrected chi connectivity index (χ0v) is 18.5. The number of benzene rings is 3. The van der Waals surface area contributed by atoms with Gasteiger partial charge >= 0.3 is 0 Å². The second kappa shape index (κ2) is 9.10. The number of hydrogen-bond acceptors (Lipinski definition) is 3. The molecule has 1 N–H and O–H groups in total. The van der Waals surface area contributed by atoms with Gasteiger partial charge in [-0.05, 0) is 74.2 Å². The summed E-state index contributed by atoms with van der Waals surface area (Å²) in [5.41, 5.74) is 4.50. The normalized spacial score (nSPS) is 10.8. The summed E-state index contributed by atoms with van der Waals surface area (Å²) in [4.78, 5) is 31.0. The van der Waals surface area contributed by atoms with Crippen LogP contribution in [-0.2, 0) is 6.54 Å². The maximum absolute atomic E-state index is 13.5. The summed E-state index contributed by atoms with van der Waals surface area (Å²) < 4.78 is 5.54. The Labute approximate surface area is 187 Å². The number of rotatable bonds is 6. The molecular formula is C27H26N2O3. The molecule has 0 saturated heterocycles. The predicted octanol–water partition coefficient (Wildman–Crippen LogP) is 5.39. The Hall–Kier alpha value is -3.86. The molecule has 0 aliphatic heterocycles. The molecule has 0 aliphatic carbocycles. The van der Waals surface area contributed by atoms with E-state index in [0.717, 1.165) is 27.8 Å². The van der Waals surface area contributed by atoms with Gasteiger partial charge in [0, 0.05) is 16.8 Å². The SMILES string of the molecule is CCOc1ccc(N(Cc2cc3cccc(C)c3[nH]c2=O)C(=O)c2ccc(C)cc2)cc1. The number of fused-ring (bicyclic) bond motifs is 1. The van der Waals surface area contributed by atoms with Gasteiger partial charge in [0.25, 0.3) is 11.5 Å². The molecule has 0 atom stereocenters. The smallest absolute Gasteiger partial charge is 0.258 e. The van der Waals surface area contributed by atoms with Crippen LogP contribution in [-0.4, -0.2) is 17.5 Å². The molecule has 0 fully saturated rings. The molecule has 1 amide bonds. The van der Waals surface area contributed by atoms with Crippen molar-refractivity contribution in [2.24, 2.45) is 0 Å². The highest BCUT2D eigenvalue weighted by Crippen LogP contribution is 2.24. The molecule has 0 unspecified atom stereocenters. The van der Waals surface area contributed by atoms with Crippen molar-refractivity contribution >= 4 is 22.5 Å². The lowest BCUT2D eigenvalue weighted by Crippen LogP contribution is -2.33. The van der Waals surface area contributed by atoms with Crippen LogP contribution in [0.2, 0.25) is 0 Å². The number of pyridine rings is 1. The summed E-state index contributed by atoms with van der Waals surface area (Å²) in [6.07, 6.45) is 0. The number of carbonyl (C=O) groups is 1. The van der Waals surface area contributed by atoms with E-state index in [1.165, 1.54) is 0 Å². The quantitative estimate of drug-likeness (QED) is 0.450. The van der Waals surface area contributed by atoms with Gasteiger partial charge in [-0.25, -0.2) is 0 Å². The molecule has 4 aromatic rings. The van der Waals surface area contributed by atoms with Crippen LogP contribution in [0.15, 0.2) is 77.6 Å². The van der Waals surface area contributed by atoms with Crippen molar-refractivity contribution in [3.63, 3.8) is 0 Å². The Balaban J connectivity index is 1.76. The Kier molecular flexibility index (Phi) is 6.08. The molecule has 0 bridgehead atoms. The molecule has 4 rings (SSSR count). The highest BCUT2D eigenvalue weighted by molar-refractivity contribution is 6.06. The molecule has 0 saturated carbocycles. The molecule has 0 radical (unpaired) electrons. The van der Waals surface area contributed by atoms with Crippen molar-refractivity contribution in [3.8, 4) is 5.75 Å². The van der Waals surface area contributed by atoms with Crippen LogP contribution in [0.25, 0.3) is 10.9 Å². The highest BCUT2D eigenvalue weighted by Gasteiger charge is 2.20. The van der Waals surface area contributed by atoms with E-state index >= 15 is 0 Å². The summed E-state index contributed by atoms with van der Waals surface area (Å²) >= 11 is 0. The monoisotopic (exact) mass is 426 g/mol. The van der Waals surface area contributed by atoms with Gasteiger partial charge in [-0.15, -0.1) is 0 Å². The number of amides is 1. The number of aromatic nitrogens is 1. The van der Waals surface area contributed by atoms with Gasteiger partial charge in [-0.2, -0.15) is 0 Å². The van der Waals surface area contributed by atoms with Crippen molar-refractivity contribution < 1.29 is 9.53 Å². The van der Waals surface area contributed by atoms with Gasteiger partial charge in [-0.3, -0.25) is 9.59 Å². The van der Waals surface area contributed by atoms with Crippen LogP contribution in [0.1, 0.15) is 34.0 Å². The second-order valence-corrected chi connectivity index (χ2v) is 7.85. The van der Waals surface area contributed by atoms with E-state index in [-0.39, 0.29) is 18.0 Å². The maximum atomic E-state index is 13.5. The molecular weight excluding hydrogens is 400 g/mol. The van der Waals surface area contributed by atoms with E-state index in [9.17, 15) is 9.59 Å². The molecule has 0 aliphatic rings. The number of ether oxygens (including phenoxy) is 1. The van der Waals surface area contributed by atoms with E-state index in [4.69, 9.17) is 4.74 Å². The van der Waals surface area contributed by atoms with Crippen molar-refractivity contribution in [1.29, 1.82) is 0 Å². The third kappa shape index (κ3) is 4.42. The number of H-pyrrole nitrogens is 1. The van der Waals surface area contributed by atoms with Gasteiger partial charge in [0.1, 0.15) is 5.75 Å². The van der Waals surface area contributed by atoms with Gasteiger partial charge in [0.05, 0.1) is 18.7 Å². The average Bonchev–Trinajstić information content (AvgIpc) is 2.79. The minimum absolute atomic E-state index is 0.153. The summed E-state index contributed by atoms with van der Waals surface area (Å²) in [6.45, 7) is 6.59. The minimum Gasteiger partial charge on any atom is -0.494 e. The molecule has 0 spiro atoms. The third-order valence-corrected chi connectivity index (χ3v) is 5.50. The first-order chi connectivity index (χ1) is 15.5. The maximum Gasteiger partial charge on any atom is 0.258 e. The van der Waals surface area contributed by atoms with Crippen molar-refractivity contribution in [2.45, 2.75) is 27.3 Å². The first kappa shape index (κ1) is 21.4. The van der Waals surface area contributed by atoms with Crippen LogP contribution in [0.3, 0.4) is 0 Å². The zero-order valence-electron chi connectivity index (χ0n) is 18.5. The van der Waals surface area contributed by atoms with Gasteiger partial charge in [-0.1, -0.05) is 35.9 Å². The molecule has 1 heterocycles. The minimum atomic E-state index is -0.195. The highest BCUT2D eigenvalue weighted by atomic mass is 16.5. The fourth-order valence-corrected chi connectivity index (χ4v) is 3.74. The van der Waals surface area contributed by atoms with Crippen molar-refractivity contribution in [2.75, 3.05) is 11.5 Å². The van der Waals surface area contributed by atoms with E-state index in [0.29, 0.717) is 23.4 Å². The Bertz CT molecular complexity index is 1310. The second-order valence-electron chi connectivity index (χ2n) is 7.85. The van der Waals surface area contributed by atoms with Gasteiger partial charge < -0.3 is 14.6 Å². The van der Waals surface area contributed by atoms with Crippen LogP contribution in [0, 0.1) is 13.8 Å². The summed E-state index contributed by atoms with van der Waals surface area (Å²) in [6, 6.07) is 22.6. The topological polar surface area (TPSA) is 62.4 Å². The zero-order chi connectivity index (χ0) is 22.7. The number of aromatic amines is 1. The number of para-hydroxylation sites is 1. The van der Waals surface area contributed by atoms with Crippen molar-refractivity contribution in [3.05, 3.63) is 105 Å². The Morgan fingerprint density at radius 1 is 0.969 bits per heavy atom. The first-order valence-electron chi connectivity index (χ1n) is 10.7. The van der Waals surface area contributed by atoms with E-state index in [1.807, 2.05) is 93.6 Å². The van der Waals surface area contributed by atoms with E-state index in [1.54, 1.807) is 4.90 Å². The largest absolute Gasteiger partial charge is 0.494 e. The number of nitrogens with zero attached hydrogens (tertiary/aromatic N) is 1. The lowest BCUT2D eigenvalue weighted by molar-refractivity contribution is 0.0985. The molecule has 162 valence electrons. The average molecular weight is 427 g/mol. The number of anilines is 1. The standard InChI is InChI=1S/C27H26N2O3/c1-4-32-24-14-12-23(13-15-24)29(27(31)20-10-8-18(2)9-11-20)17-22-16-21-7-5-6-19(3)25(21)28-26(22)30/h5-16H,4,17H2,1-3H3,(H,28,30). The fraction of sp³-hybridized carbons (Fsp3) is 0.185. The number of aryl methyl sites for hydroxylation is 2. The third-order valence-electron chi connectivity index (χ3n) is 5.50. The summed E-state index contributed by atoms with van der Waals surface area (Å²) in [7, 11) is 0. The van der Waals surface area contributed by atoms with Crippen LogP contribution in [0.4, 0.5) is 5.69 Å². The summed E-state index contributed by atoms with van der Waals surface area (Å²) in [5.74, 6) is 0.566. The van der Waals surface area contributed by atoms with Gasteiger partial charge in [0.2, 0.25) is 0 Å². The van der Waals surface area contributed by atoms with E-state index in [2.05, 4.69) is 4.98 Å². The number of nitrogens with one attached hydrogen (secondary N) is 1. The Morgan fingerprint density at radius 2 is 1.69 bits per heavy atom. The molecule has 5 heteroatoms. The lowest BCUT2D eigenvalue weighted by atomic mass is 10.1. The van der Waals surface area contributed by atoms with Crippen LogP contribution < -0.4 is 15.2 Å². The van der Waals surface area contributed by atoms with E-state index < -0.39 is 0 Å². The van der Waals surface area contributed by atoms with Crippen molar-refractivity contribution in [1.82, 2.24) is 4.98 Å². The molecule has 32 heavy (non-hydrogen) atoms. The van der Waals surface area contributed by atoms with Crippen LogP contribution >= 0.6 is 0 Å². The summed E-state index contributed by atoms with van der Waals surface area (Å²) in [5, 5.41) is 0.939. The first-order valence-corrected chi connectivity index (χ1v) is 10.7. The van der Waals surface area contributed by atoms with Crippen LogP contribution in [0.5, 0.6) is 5.75 Å². The number of hydrogen-bond donors (Lipinski definition) is 1. The fourth-order valence-electron chi connectivity index (χ4n) is 3.74. The molecule has 5 nitrogen and oxygen atoms in total. The molecule has 3 aromatic carbocycles. The number of carbonyl (C=O) groups excluding carboxylic acids is 1. The van der Waals surface area contributed by atoms with Gasteiger partial charge in [0.15, 0.2) is 0 Å². The predicted molar refractivity (Wildman–Crippen MR) is 129 cm³/mol. The lowest BCUT2D eigenvalue weighted by Gasteiger charge is -2.23. The Morgan fingerprint density at radius 3 is 2.38 bits per heavy atom.